The molecule has 0 amide bonds. The Labute approximate surface area is 113 Å². The van der Waals surface area contributed by atoms with Gasteiger partial charge in [0, 0.05) is 10.9 Å². The fourth-order valence-electron chi connectivity index (χ4n) is 2.52. The van der Waals surface area contributed by atoms with Crippen LogP contribution < -0.4 is 5.32 Å². The molecular formula is C14H23NS2. The monoisotopic (exact) mass is 269 g/mol. The molecule has 17 heavy (non-hydrogen) atoms. The molecule has 0 bridgehead atoms. The topological polar surface area (TPSA) is 12.0 Å². The standard InChI is InChI=1S/C14H23NS2/c1-16-10-4-2-3-9-15-13-6-5-7-14-12(13)8-11-17-14/h8,11,13,15H,2-7,9-10H2,1H3. The second kappa shape index (κ2) is 7.45. The molecule has 1 N–H and O–H groups in total. The van der Waals surface area contributed by atoms with E-state index in [9.17, 15) is 0 Å². The van der Waals surface area contributed by atoms with Gasteiger partial charge in [0.15, 0.2) is 0 Å². The van der Waals surface area contributed by atoms with Crippen molar-refractivity contribution in [1.82, 2.24) is 5.32 Å². The highest BCUT2D eigenvalue weighted by Gasteiger charge is 2.19. The molecule has 1 heterocycles. The summed E-state index contributed by atoms with van der Waals surface area (Å²) >= 11 is 3.90. The number of hydrogen-bond acceptors (Lipinski definition) is 3. The van der Waals surface area contributed by atoms with Gasteiger partial charge in [0.1, 0.15) is 0 Å². The number of rotatable bonds is 7. The molecule has 1 aliphatic carbocycles. The Bertz CT molecular complexity index is 322. The number of thiophene rings is 1. The van der Waals surface area contributed by atoms with Crippen LogP contribution in [0.25, 0.3) is 0 Å². The molecule has 0 aliphatic heterocycles. The quantitative estimate of drug-likeness (QED) is 0.743. The highest BCUT2D eigenvalue weighted by Crippen LogP contribution is 2.33. The number of hydrogen-bond donors (Lipinski definition) is 1. The Hall–Kier alpha value is 0.0100. The van der Waals surface area contributed by atoms with Gasteiger partial charge in [-0.1, -0.05) is 6.42 Å². The van der Waals surface area contributed by atoms with Crippen LogP contribution in [-0.2, 0) is 6.42 Å². The molecular weight excluding hydrogens is 246 g/mol. The Morgan fingerprint density at radius 3 is 3.24 bits per heavy atom. The van der Waals surface area contributed by atoms with Crippen LogP contribution in [0, 0.1) is 0 Å². The lowest BCUT2D eigenvalue weighted by Gasteiger charge is -2.23. The van der Waals surface area contributed by atoms with Gasteiger partial charge < -0.3 is 5.32 Å². The second-order valence-electron chi connectivity index (χ2n) is 4.75. The van der Waals surface area contributed by atoms with Crippen LogP contribution in [0.2, 0.25) is 0 Å². The lowest BCUT2D eigenvalue weighted by Crippen LogP contribution is -2.25. The minimum absolute atomic E-state index is 0.644. The van der Waals surface area contributed by atoms with Crippen molar-refractivity contribution in [3.8, 4) is 0 Å². The van der Waals surface area contributed by atoms with Crippen molar-refractivity contribution in [3.05, 3.63) is 21.9 Å². The molecule has 1 aromatic heterocycles. The molecule has 2 rings (SSSR count). The van der Waals surface area contributed by atoms with E-state index < -0.39 is 0 Å². The van der Waals surface area contributed by atoms with Gasteiger partial charge in [-0.3, -0.25) is 0 Å². The molecule has 0 fully saturated rings. The van der Waals surface area contributed by atoms with E-state index in [0.717, 1.165) is 0 Å². The van der Waals surface area contributed by atoms with E-state index in [0.29, 0.717) is 6.04 Å². The summed E-state index contributed by atoms with van der Waals surface area (Å²) in [5, 5.41) is 5.99. The fourth-order valence-corrected chi connectivity index (χ4v) is 4.00. The first-order valence-corrected chi connectivity index (χ1v) is 8.97. The van der Waals surface area contributed by atoms with Crippen molar-refractivity contribution in [2.75, 3.05) is 18.6 Å². The minimum Gasteiger partial charge on any atom is -0.310 e. The smallest absolute Gasteiger partial charge is 0.0331 e. The van der Waals surface area contributed by atoms with E-state index in [1.807, 2.05) is 23.1 Å². The summed E-state index contributed by atoms with van der Waals surface area (Å²) < 4.78 is 0. The lowest BCUT2D eigenvalue weighted by atomic mass is 9.94. The third kappa shape index (κ3) is 4.01. The van der Waals surface area contributed by atoms with Crippen LogP contribution in [0.1, 0.15) is 48.6 Å². The van der Waals surface area contributed by atoms with Crippen LogP contribution in [0.4, 0.5) is 0 Å². The minimum atomic E-state index is 0.644. The first-order valence-electron chi connectivity index (χ1n) is 6.70. The summed E-state index contributed by atoms with van der Waals surface area (Å²) in [6.07, 6.45) is 10.3. The molecule has 96 valence electrons. The van der Waals surface area contributed by atoms with E-state index in [4.69, 9.17) is 0 Å². The predicted octanol–water partition coefficient (Wildman–Crippen LogP) is 4.25. The predicted molar refractivity (Wildman–Crippen MR) is 80.2 cm³/mol. The summed E-state index contributed by atoms with van der Waals surface area (Å²) in [5.41, 5.74) is 1.59. The maximum Gasteiger partial charge on any atom is 0.0331 e. The van der Waals surface area contributed by atoms with Crippen molar-refractivity contribution < 1.29 is 0 Å². The molecule has 1 aromatic rings. The van der Waals surface area contributed by atoms with Crippen molar-refractivity contribution >= 4 is 23.1 Å². The molecule has 0 saturated carbocycles. The zero-order valence-electron chi connectivity index (χ0n) is 10.7. The zero-order valence-corrected chi connectivity index (χ0v) is 12.3. The van der Waals surface area contributed by atoms with E-state index >= 15 is 0 Å². The van der Waals surface area contributed by atoms with E-state index in [1.165, 1.54) is 50.8 Å². The Morgan fingerprint density at radius 1 is 1.41 bits per heavy atom. The third-order valence-electron chi connectivity index (χ3n) is 3.47. The van der Waals surface area contributed by atoms with Gasteiger partial charge in [-0.15, -0.1) is 11.3 Å². The van der Waals surface area contributed by atoms with E-state index in [2.05, 4.69) is 23.0 Å². The van der Waals surface area contributed by atoms with Crippen LogP contribution >= 0.6 is 23.1 Å². The molecule has 0 saturated heterocycles. The van der Waals surface area contributed by atoms with Crippen molar-refractivity contribution in [1.29, 1.82) is 0 Å². The van der Waals surface area contributed by atoms with Crippen molar-refractivity contribution in [2.24, 2.45) is 0 Å². The Morgan fingerprint density at radius 2 is 2.35 bits per heavy atom. The number of fused-ring (bicyclic) bond motifs is 1. The van der Waals surface area contributed by atoms with Gasteiger partial charge in [-0.25, -0.2) is 0 Å². The maximum atomic E-state index is 3.74. The summed E-state index contributed by atoms with van der Waals surface area (Å²) in [5.74, 6) is 1.32. The van der Waals surface area contributed by atoms with E-state index in [1.54, 1.807) is 10.4 Å². The van der Waals surface area contributed by atoms with Gasteiger partial charge >= 0.3 is 0 Å². The Balaban J connectivity index is 1.67. The van der Waals surface area contributed by atoms with Gasteiger partial charge in [0.25, 0.3) is 0 Å². The average Bonchev–Trinajstić information content (AvgIpc) is 2.82. The number of unbranched alkanes of at least 4 members (excludes halogenated alkanes) is 2. The Kier molecular flexibility index (Phi) is 5.89. The average molecular weight is 269 g/mol. The molecule has 0 aromatic carbocycles. The first-order chi connectivity index (χ1) is 8.42. The molecule has 3 heteroatoms. The van der Waals surface area contributed by atoms with Crippen molar-refractivity contribution in [3.63, 3.8) is 0 Å². The largest absolute Gasteiger partial charge is 0.310 e. The summed E-state index contributed by atoms with van der Waals surface area (Å²) in [4.78, 5) is 1.62. The highest BCUT2D eigenvalue weighted by atomic mass is 32.2. The highest BCUT2D eigenvalue weighted by molar-refractivity contribution is 7.98. The van der Waals surface area contributed by atoms with Crippen LogP contribution in [0.5, 0.6) is 0 Å². The molecule has 0 spiro atoms. The lowest BCUT2D eigenvalue weighted by molar-refractivity contribution is 0.455. The zero-order chi connectivity index (χ0) is 11.9. The number of thioether (sulfide) groups is 1. The van der Waals surface area contributed by atoms with Gasteiger partial charge in [0.05, 0.1) is 0 Å². The SMILES string of the molecule is CSCCCCCNC1CCCc2sccc21. The van der Waals surface area contributed by atoms with Crippen molar-refractivity contribution in [2.45, 2.75) is 44.6 Å². The molecule has 1 atom stereocenters. The molecule has 1 aliphatic rings. The summed E-state index contributed by atoms with van der Waals surface area (Å²) in [6, 6.07) is 2.97. The van der Waals surface area contributed by atoms with Crippen LogP contribution in [0.15, 0.2) is 11.4 Å². The summed E-state index contributed by atoms with van der Waals surface area (Å²) in [6.45, 7) is 1.19. The molecule has 1 unspecified atom stereocenters. The normalized spacial score (nSPS) is 19.2. The van der Waals surface area contributed by atoms with Gasteiger partial charge in [0.2, 0.25) is 0 Å². The molecule has 0 radical (unpaired) electrons. The van der Waals surface area contributed by atoms with Crippen LogP contribution in [0.3, 0.4) is 0 Å². The maximum absolute atomic E-state index is 3.74. The second-order valence-corrected chi connectivity index (χ2v) is 6.74. The van der Waals surface area contributed by atoms with Crippen LogP contribution in [-0.4, -0.2) is 18.6 Å². The van der Waals surface area contributed by atoms with Gasteiger partial charge in [-0.05, 0) is 67.7 Å². The number of aryl methyl sites for hydroxylation is 1. The third-order valence-corrected chi connectivity index (χ3v) is 5.16. The van der Waals surface area contributed by atoms with Gasteiger partial charge in [-0.2, -0.15) is 11.8 Å². The summed E-state index contributed by atoms with van der Waals surface area (Å²) in [7, 11) is 0. The molecule has 1 nitrogen and oxygen atoms in total. The first kappa shape index (κ1) is 13.4. The fraction of sp³-hybridized carbons (Fsp3) is 0.714. The van der Waals surface area contributed by atoms with E-state index in [-0.39, 0.29) is 0 Å². The number of nitrogens with one attached hydrogen (secondary N) is 1.